The van der Waals surface area contributed by atoms with Gasteiger partial charge in [0.05, 0.1) is 16.9 Å². The number of nitrogens with zero attached hydrogens (tertiary/aromatic N) is 1. The van der Waals surface area contributed by atoms with Crippen LogP contribution in [0.2, 0.25) is 0 Å². The van der Waals surface area contributed by atoms with Crippen LogP contribution in [-0.4, -0.2) is 10.9 Å². The van der Waals surface area contributed by atoms with E-state index in [1.54, 1.807) is 18.3 Å². The molecule has 0 radical (unpaired) electrons. The maximum atomic E-state index is 12.1. The van der Waals surface area contributed by atoms with Crippen LogP contribution in [0.3, 0.4) is 0 Å². The van der Waals surface area contributed by atoms with Crippen molar-refractivity contribution in [3.63, 3.8) is 0 Å². The molecule has 1 amide bonds. The van der Waals surface area contributed by atoms with Gasteiger partial charge in [0.25, 0.3) is 5.91 Å². The Labute approximate surface area is 106 Å². The van der Waals surface area contributed by atoms with Gasteiger partial charge in [-0.2, -0.15) is 0 Å². The van der Waals surface area contributed by atoms with E-state index in [1.807, 2.05) is 32.0 Å². The van der Waals surface area contributed by atoms with E-state index < -0.39 is 0 Å². The fraction of sp³-hybridized carbons (Fsp3) is 0.143. The van der Waals surface area contributed by atoms with Gasteiger partial charge >= 0.3 is 0 Å². The lowest BCUT2D eigenvalue weighted by Gasteiger charge is -2.10. The summed E-state index contributed by atoms with van der Waals surface area (Å²) in [4.78, 5) is 16.2. The molecule has 0 atom stereocenters. The van der Waals surface area contributed by atoms with E-state index >= 15 is 0 Å². The Balaban J connectivity index is 2.28. The topological polar surface area (TPSA) is 68.0 Å². The van der Waals surface area contributed by atoms with E-state index in [4.69, 9.17) is 5.73 Å². The van der Waals surface area contributed by atoms with Gasteiger partial charge in [-0.1, -0.05) is 12.1 Å². The van der Waals surface area contributed by atoms with Crippen LogP contribution in [0.4, 0.5) is 11.4 Å². The molecule has 0 aliphatic rings. The zero-order valence-corrected chi connectivity index (χ0v) is 10.4. The number of anilines is 2. The largest absolute Gasteiger partial charge is 0.398 e. The summed E-state index contributed by atoms with van der Waals surface area (Å²) in [5.74, 6) is -0.215. The minimum Gasteiger partial charge on any atom is -0.398 e. The van der Waals surface area contributed by atoms with Crippen LogP contribution < -0.4 is 11.1 Å². The third-order valence-corrected chi connectivity index (χ3v) is 2.82. The highest BCUT2D eigenvalue weighted by molar-refractivity contribution is 6.08. The van der Waals surface area contributed by atoms with Crippen LogP contribution in [0.25, 0.3) is 0 Å². The lowest BCUT2D eigenvalue weighted by Crippen LogP contribution is -2.15. The molecule has 4 nitrogen and oxygen atoms in total. The third-order valence-electron chi connectivity index (χ3n) is 2.82. The normalized spacial score (nSPS) is 10.1. The molecule has 3 N–H and O–H groups in total. The predicted molar refractivity (Wildman–Crippen MR) is 72.5 cm³/mol. The lowest BCUT2D eigenvalue weighted by molar-refractivity contribution is 0.102. The number of carbonyl (C=O) groups excluding carboxylic acids is 1. The molecule has 1 heterocycles. The SMILES string of the molecule is Cc1cccc(C(=O)Nc2cccnc2C)c1N. The highest BCUT2D eigenvalue weighted by Gasteiger charge is 2.11. The van der Waals surface area contributed by atoms with E-state index in [0.29, 0.717) is 16.9 Å². The van der Waals surface area contributed by atoms with E-state index in [2.05, 4.69) is 10.3 Å². The summed E-state index contributed by atoms with van der Waals surface area (Å²) in [6.45, 7) is 3.72. The minimum absolute atomic E-state index is 0.215. The lowest BCUT2D eigenvalue weighted by atomic mass is 10.1. The first-order valence-electron chi connectivity index (χ1n) is 5.67. The molecule has 4 heteroatoms. The number of carbonyl (C=O) groups is 1. The second kappa shape index (κ2) is 4.87. The highest BCUT2D eigenvalue weighted by Crippen LogP contribution is 2.19. The first-order valence-corrected chi connectivity index (χ1v) is 5.67. The van der Waals surface area contributed by atoms with Gasteiger partial charge in [-0.05, 0) is 37.6 Å². The zero-order valence-electron chi connectivity index (χ0n) is 10.4. The summed E-state index contributed by atoms with van der Waals surface area (Å²) in [7, 11) is 0. The second-order valence-electron chi connectivity index (χ2n) is 4.13. The second-order valence-corrected chi connectivity index (χ2v) is 4.13. The first-order chi connectivity index (χ1) is 8.59. The summed E-state index contributed by atoms with van der Waals surface area (Å²) in [6.07, 6.45) is 1.69. The Hall–Kier alpha value is -2.36. The smallest absolute Gasteiger partial charge is 0.257 e. The van der Waals surface area contributed by atoms with Crippen molar-refractivity contribution in [2.75, 3.05) is 11.1 Å². The number of aromatic nitrogens is 1. The van der Waals surface area contributed by atoms with Crippen LogP contribution in [0.15, 0.2) is 36.5 Å². The predicted octanol–water partition coefficient (Wildman–Crippen LogP) is 2.53. The summed E-state index contributed by atoms with van der Waals surface area (Å²) < 4.78 is 0. The maximum absolute atomic E-state index is 12.1. The van der Waals surface area contributed by atoms with Crippen molar-refractivity contribution in [2.45, 2.75) is 13.8 Å². The first kappa shape index (κ1) is 12.1. The van der Waals surface area contributed by atoms with E-state index in [1.165, 1.54) is 0 Å². The number of aryl methyl sites for hydroxylation is 2. The van der Waals surface area contributed by atoms with Crippen molar-refractivity contribution in [1.29, 1.82) is 0 Å². The molecule has 0 saturated carbocycles. The van der Waals surface area contributed by atoms with Gasteiger partial charge in [-0.15, -0.1) is 0 Å². The molecule has 0 unspecified atom stereocenters. The summed E-state index contributed by atoms with van der Waals surface area (Å²) >= 11 is 0. The van der Waals surface area contributed by atoms with Gasteiger partial charge in [-0.3, -0.25) is 9.78 Å². The molecule has 0 saturated heterocycles. The van der Waals surface area contributed by atoms with E-state index in [-0.39, 0.29) is 5.91 Å². The van der Waals surface area contributed by atoms with Crippen LogP contribution in [0.1, 0.15) is 21.6 Å². The van der Waals surface area contributed by atoms with Gasteiger partial charge < -0.3 is 11.1 Å². The Morgan fingerprint density at radius 1 is 1.22 bits per heavy atom. The van der Waals surface area contributed by atoms with Crippen molar-refractivity contribution in [3.8, 4) is 0 Å². The van der Waals surface area contributed by atoms with Gasteiger partial charge in [0.15, 0.2) is 0 Å². The van der Waals surface area contributed by atoms with Gasteiger partial charge in [-0.25, -0.2) is 0 Å². The van der Waals surface area contributed by atoms with Crippen molar-refractivity contribution in [2.24, 2.45) is 0 Å². The average Bonchev–Trinajstić information content (AvgIpc) is 2.35. The molecule has 0 spiro atoms. The number of nitrogens with two attached hydrogens (primary N) is 1. The van der Waals surface area contributed by atoms with Crippen molar-refractivity contribution in [1.82, 2.24) is 4.98 Å². The van der Waals surface area contributed by atoms with Crippen LogP contribution in [-0.2, 0) is 0 Å². The average molecular weight is 241 g/mol. The van der Waals surface area contributed by atoms with E-state index in [9.17, 15) is 4.79 Å². The number of benzene rings is 1. The molecule has 2 rings (SSSR count). The molecule has 2 aromatic rings. The third kappa shape index (κ3) is 2.32. The van der Waals surface area contributed by atoms with Crippen molar-refractivity contribution >= 4 is 17.3 Å². The Kier molecular flexibility index (Phi) is 3.28. The highest BCUT2D eigenvalue weighted by atomic mass is 16.1. The number of hydrogen-bond acceptors (Lipinski definition) is 3. The van der Waals surface area contributed by atoms with E-state index in [0.717, 1.165) is 11.3 Å². The quantitative estimate of drug-likeness (QED) is 0.794. The number of rotatable bonds is 2. The fourth-order valence-corrected chi connectivity index (χ4v) is 1.68. The number of pyridine rings is 1. The Morgan fingerprint density at radius 3 is 2.72 bits per heavy atom. The number of hydrogen-bond donors (Lipinski definition) is 2. The van der Waals surface area contributed by atoms with Crippen molar-refractivity contribution in [3.05, 3.63) is 53.3 Å². The molecule has 1 aromatic carbocycles. The minimum atomic E-state index is -0.215. The molecule has 0 aliphatic heterocycles. The zero-order chi connectivity index (χ0) is 13.1. The number of nitrogen functional groups attached to an aromatic ring is 1. The molecule has 18 heavy (non-hydrogen) atoms. The van der Waals surface area contributed by atoms with Crippen LogP contribution in [0, 0.1) is 13.8 Å². The summed E-state index contributed by atoms with van der Waals surface area (Å²) in [5.41, 5.74) is 9.26. The molecule has 0 aliphatic carbocycles. The molecule has 0 bridgehead atoms. The van der Waals surface area contributed by atoms with Gasteiger partial charge in [0.1, 0.15) is 0 Å². The molecular formula is C14H15N3O. The molecular weight excluding hydrogens is 226 g/mol. The monoisotopic (exact) mass is 241 g/mol. The molecule has 1 aromatic heterocycles. The van der Waals surface area contributed by atoms with Gasteiger partial charge in [0.2, 0.25) is 0 Å². The summed E-state index contributed by atoms with van der Waals surface area (Å²) in [5, 5.41) is 2.81. The fourth-order valence-electron chi connectivity index (χ4n) is 1.68. The Morgan fingerprint density at radius 2 is 2.00 bits per heavy atom. The van der Waals surface area contributed by atoms with Crippen LogP contribution >= 0.6 is 0 Å². The number of para-hydroxylation sites is 1. The van der Waals surface area contributed by atoms with Gasteiger partial charge in [0, 0.05) is 11.9 Å². The summed E-state index contributed by atoms with van der Waals surface area (Å²) in [6, 6.07) is 9.00. The van der Waals surface area contributed by atoms with Crippen molar-refractivity contribution < 1.29 is 4.79 Å². The Bertz CT molecular complexity index is 593. The number of nitrogens with one attached hydrogen (secondary N) is 1. The molecule has 0 fully saturated rings. The molecule has 92 valence electrons. The maximum Gasteiger partial charge on any atom is 0.257 e. The number of amides is 1. The standard InChI is InChI=1S/C14H15N3O/c1-9-5-3-6-11(13(9)15)14(18)17-12-7-4-8-16-10(12)2/h3-8H,15H2,1-2H3,(H,17,18). The van der Waals surface area contributed by atoms with Crippen LogP contribution in [0.5, 0.6) is 0 Å².